The molecule has 4 nitrogen and oxygen atoms in total. The normalized spacial score (nSPS) is 11.8. The summed E-state index contributed by atoms with van der Waals surface area (Å²) < 4.78 is 5.31. The number of hydrogen-bond acceptors (Lipinski definition) is 4. The second-order valence-corrected chi connectivity index (χ2v) is 4.22. The highest BCUT2D eigenvalue weighted by atomic mass is 79.9. The zero-order chi connectivity index (χ0) is 12.8. The van der Waals surface area contributed by atoms with Gasteiger partial charge in [-0.2, -0.15) is 0 Å². The van der Waals surface area contributed by atoms with Gasteiger partial charge >= 0.3 is 5.97 Å². The molecule has 0 unspecified atom stereocenters. The lowest BCUT2D eigenvalue weighted by Crippen LogP contribution is -2.00. The molecule has 0 aliphatic carbocycles. The van der Waals surface area contributed by atoms with Crippen LogP contribution in [0.2, 0.25) is 0 Å². The van der Waals surface area contributed by atoms with E-state index in [-0.39, 0.29) is 5.97 Å². The van der Waals surface area contributed by atoms with Crippen LogP contribution in [-0.2, 0) is 4.74 Å². The number of benzene rings is 1. The molecule has 0 bridgehead atoms. The van der Waals surface area contributed by atoms with Crippen LogP contribution >= 0.6 is 15.9 Å². The van der Waals surface area contributed by atoms with Crippen molar-refractivity contribution in [1.82, 2.24) is 0 Å². The zero-order valence-electron chi connectivity index (χ0n) is 9.61. The van der Waals surface area contributed by atoms with Gasteiger partial charge in [0, 0.05) is 12.4 Å². The average Bonchev–Trinajstić information content (AvgIpc) is 2.36. The zero-order valence-corrected chi connectivity index (χ0v) is 11.2. The Hall–Kier alpha value is -1.62. The standard InChI is InChI=1S/C12H13BrN2O2/c1-8-3-4-9(12(16)17-2)5-11(8)15-7-10(13)6-14/h3-7H,14H2,1-2H3. The molecule has 1 aromatic rings. The number of carbonyl (C=O) groups is 1. The van der Waals surface area contributed by atoms with Gasteiger partial charge in [0.1, 0.15) is 0 Å². The maximum atomic E-state index is 11.4. The smallest absolute Gasteiger partial charge is 0.337 e. The molecule has 1 aromatic carbocycles. The molecule has 0 aromatic heterocycles. The van der Waals surface area contributed by atoms with Crippen LogP contribution in [0.5, 0.6) is 0 Å². The second kappa shape index (κ2) is 6.20. The fraction of sp³-hybridized carbons (Fsp3) is 0.167. The van der Waals surface area contributed by atoms with Crippen molar-refractivity contribution in [2.45, 2.75) is 6.92 Å². The van der Waals surface area contributed by atoms with Gasteiger partial charge < -0.3 is 10.5 Å². The van der Waals surface area contributed by atoms with Crippen LogP contribution in [0, 0.1) is 6.92 Å². The predicted molar refractivity (Wildman–Crippen MR) is 71.9 cm³/mol. The molecule has 0 atom stereocenters. The summed E-state index contributed by atoms with van der Waals surface area (Å²) in [7, 11) is 1.35. The number of rotatable bonds is 3. The van der Waals surface area contributed by atoms with Crippen molar-refractivity contribution in [3.8, 4) is 0 Å². The van der Waals surface area contributed by atoms with Gasteiger partial charge in [-0.05, 0) is 40.5 Å². The average molecular weight is 297 g/mol. The summed E-state index contributed by atoms with van der Waals surface area (Å²) in [5.74, 6) is -0.380. The molecular weight excluding hydrogens is 284 g/mol. The minimum atomic E-state index is -0.380. The third kappa shape index (κ3) is 3.71. The first-order valence-electron chi connectivity index (χ1n) is 4.89. The van der Waals surface area contributed by atoms with Crippen molar-refractivity contribution in [2.24, 2.45) is 10.7 Å². The number of aliphatic imine (C=N–C) groups is 1. The minimum absolute atomic E-state index is 0.380. The molecule has 2 N–H and O–H groups in total. The summed E-state index contributed by atoms with van der Waals surface area (Å²) in [6.07, 6.45) is 2.96. The lowest BCUT2D eigenvalue weighted by atomic mass is 10.1. The number of halogens is 1. The van der Waals surface area contributed by atoms with Crippen molar-refractivity contribution in [2.75, 3.05) is 7.11 Å². The SMILES string of the molecule is COC(=O)c1ccc(C)c(N=CC(Br)=CN)c1. The number of methoxy groups -OCH3 is 1. The molecule has 0 amide bonds. The van der Waals surface area contributed by atoms with Gasteiger partial charge in [0.15, 0.2) is 0 Å². The Kier molecular flexibility index (Phi) is 4.90. The second-order valence-electron chi connectivity index (χ2n) is 3.30. The van der Waals surface area contributed by atoms with Crippen LogP contribution in [0.15, 0.2) is 33.9 Å². The summed E-state index contributed by atoms with van der Waals surface area (Å²) in [5, 5.41) is 0. The first-order chi connectivity index (χ1) is 8.08. The van der Waals surface area contributed by atoms with Crippen LogP contribution in [0.25, 0.3) is 0 Å². The maximum Gasteiger partial charge on any atom is 0.337 e. The van der Waals surface area contributed by atoms with Crippen LogP contribution in [0.3, 0.4) is 0 Å². The summed E-state index contributed by atoms with van der Waals surface area (Å²) >= 11 is 3.22. The summed E-state index contributed by atoms with van der Waals surface area (Å²) in [6, 6.07) is 5.20. The molecule has 0 aliphatic rings. The number of hydrogen-bond donors (Lipinski definition) is 1. The van der Waals surface area contributed by atoms with E-state index in [4.69, 9.17) is 5.73 Å². The largest absolute Gasteiger partial charge is 0.465 e. The Bertz CT molecular complexity index is 481. The molecule has 0 fully saturated rings. The highest BCUT2D eigenvalue weighted by Gasteiger charge is 2.06. The molecule has 0 radical (unpaired) electrons. The fourth-order valence-electron chi connectivity index (χ4n) is 1.17. The van der Waals surface area contributed by atoms with Gasteiger partial charge in [-0.25, -0.2) is 4.79 Å². The fourth-order valence-corrected chi connectivity index (χ4v) is 1.27. The van der Waals surface area contributed by atoms with E-state index < -0.39 is 0 Å². The third-order valence-corrected chi connectivity index (χ3v) is 2.59. The Morgan fingerprint density at radius 3 is 2.82 bits per heavy atom. The Morgan fingerprint density at radius 2 is 2.24 bits per heavy atom. The van der Waals surface area contributed by atoms with Crippen LogP contribution in [0.4, 0.5) is 5.69 Å². The van der Waals surface area contributed by atoms with Gasteiger partial charge in [-0.3, -0.25) is 4.99 Å². The Balaban J connectivity index is 3.07. The molecule has 0 saturated carbocycles. The molecule has 0 aliphatic heterocycles. The molecule has 0 saturated heterocycles. The molecular formula is C12H13BrN2O2. The highest BCUT2D eigenvalue weighted by molar-refractivity contribution is 9.12. The monoisotopic (exact) mass is 296 g/mol. The van der Waals surface area contributed by atoms with E-state index in [1.54, 1.807) is 18.3 Å². The molecule has 1 rings (SSSR count). The van der Waals surface area contributed by atoms with Gasteiger partial charge in [-0.15, -0.1) is 0 Å². The van der Waals surface area contributed by atoms with Crippen molar-refractivity contribution in [1.29, 1.82) is 0 Å². The maximum absolute atomic E-state index is 11.4. The summed E-state index contributed by atoms with van der Waals surface area (Å²) in [5.41, 5.74) is 7.43. The number of ether oxygens (including phenoxy) is 1. The van der Waals surface area contributed by atoms with Gasteiger partial charge in [0.05, 0.1) is 22.8 Å². The highest BCUT2D eigenvalue weighted by Crippen LogP contribution is 2.21. The molecule has 17 heavy (non-hydrogen) atoms. The van der Waals surface area contributed by atoms with E-state index in [1.165, 1.54) is 13.3 Å². The molecule has 0 spiro atoms. The van der Waals surface area contributed by atoms with E-state index >= 15 is 0 Å². The van der Waals surface area contributed by atoms with Gasteiger partial charge in [0.25, 0.3) is 0 Å². The molecule has 0 heterocycles. The Morgan fingerprint density at radius 1 is 1.53 bits per heavy atom. The van der Waals surface area contributed by atoms with Crippen LogP contribution in [-0.4, -0.2) is 19.3 Å². The number of allylic oxidation sites excluding steroid dienone is 1. The van der Waals surface area contributed by atoms with Gasteiger partial charge in [0.2, 0.25) is 0 Å². The van der Waals surface area contributed by atoms with Crippen molar-refractivity contribution in [3.05, 3.63) is 40.0 Å². The van der Waals surface area contributed by atoms with Crippen molar-refractivity contribution < 1.29 is 9.53 Å². The van der Waals surface area contributed by atoms with Crippen LogP contribution < -0.4 is 5.73 Å². The quantitative estimate of drug-likeness (QED) is 0.689. The van der Waals surface area contributed by atoms with Crippen molar-refractivity contribution >= 4 is 33.8 Å². The number of nitrogens with zero attached hydrogens (tertiary/aromatic N) is 1. The number of aryl methyl sites for hydroxylation is 1. The third-order valence-electron chi connectivity index (χ3n) is 2.12. The molecule has 5 heteroatoms. The predicted octanol–water partition coefficient (Wildman–Crippen LogP) is 2.68. The summed E-state index contributed by atoms with van der Waals surface area (Å²) in [4.78, 5) is 15.6. The van der Waals surface area contributed by atoms with E-state index in [0.29, 0.717) is 15.7 Å². The van der Waals surface area contributed by atoms with Gasteiger partial charge in [-0.1, -0.05) is 6.07 Å². The number of nitrogens with two attached hydrogens (primary N) is 1. The van der Waals surface area contributed by atoms with Crippen LogP contribution in [0.1, 0.15) is 15.9 Å². The van der Waals surface area contributed by atoms with E-state index in [2.05, 4.69) is 25.7 Å². The topological polar surface area (TPSA) is 64.7 Å². The lowest BCUT2D eigenvalue weighted by molar-refractivity contribution is 0.0601. The lowest BCUT2D eigenvalue weighted by Gasteiger charge is -2.03. The first kappa shape index (κ1) is 13.4. The van der Waals surface area contributed by atoms with E-state index in [9.17, 15) is 4.79 Å². The summed E-state index contributed by atoms with van der Waals surface area (Å²) in [6.45, 7) is 1.91. The Labute approximate surface area is 108 Å². The van der Waals surface area contributed by atoms with E-state index in [0.717, 1.165) is 5.56 Å². The molecule has 90 valence electrons. The van der Waals surface area contributed by atoms with E-state index in [1.807, 2.05) is 13.0 Å². The minimum Gasteiger partial charge on any atom is -0.465 e. The van der Waals surface area contributed by atoms with Crippen molar-refractivity contribution in [3.63, 3.8) is 0 Å². The first-order valence-corrected chi connectivity index (χ1v) is 5.68. The number of esters is 1. The number of carbonyl (C=O) groups excluding carboxylic acids is 1.